The Bertz CT molecular complexity index is 1130. The molecule has 1 fully saturated rings. The summed E-state index contributed by atoms with van der Waals surface area (Å²) < 4.78 is 0. The Morgan fingerprint density at radius 3 is 2.53 bits per heavy atom. The van der Waals surface area contributed by atoms with Gasteiger partial charge in [0.1, 0.15) is 23.4 Å². The molecule has 3 aliphatic rings. The lowest BCUT2D eigenvalue weighted by Gasteiger charge is -2.52. The fourth-order valence-corrected chi connectivity index (χ4v) is 5.71. The van der Waals surface area contributed by atoms with E-state index in [9.17, 15) is 40.2 Å². The molecule has 4 rings (SSSR count). The van der Waals surface area contributed by atoms with E-state index >= 15 is 0 Å². The predicted octanol–water partition coefficient (Wildman–Crippen LogP) is -1.16. The number of anilines is 1. The summed E-state index contributed by atoms with van der Waals surface area (Å²) >= 11 is 0. The SMILES string of the molecule is CN(C)c1ccc(O)c2c1C[C@H]1C[C@H]3[C@@H](NCCO)C(O)=C(C(N)=O)C(O)[C@@]3(O)C(=O)C1=C2O. The molecule has 5 atom stereocenters. The molecule has 0 heterocycles. The van der Waals surface area contributed by atoms with Gasteiger partial charge in [-0.3, -0.25) is 9.59 Å². The average Bonchev–Trinajstić information content (AvgIpc) is 2.75. The number of ketones is 1. The Morgan fingerprint density at radius 2 is 1.94 bits per heavy atom. The third-order valence-electron chi connectivity index (χ3n) is 7.22. The summed E-state index contributed by atoms with van der Waals surface area (Å²) in [6.45, 7) is -0.358. The van der Waals surface area contributed by atoms with Crippen LogP contribution in [0.5, 0.6) is 5.75 Å². The van der Waals surface area contributed by atoms with Gasteiger partial charge >= 0.3 is 0 Å². The maximum atomic E-state index is 13.7. The van der Waals surface area contributed by atoms with Crippen LogP contribution in [0.15, 0.2) is 29.0 Å². The number of phenols is 1. The number of aliphatic hydroxyl groups is 5. The van der Waals surface area contributed by atoms with Gasteiger partial charge in [0.2, 0.25) is 0 Å². The molecule has 184 valence electrons. The van der Waals surface area contributed by atoms with Gasteiger partial charge in [0.05, 0.1) is 23.8 Å². The van der Waals surface area contributed by atoms with Crippen molar-refractivity contribution in [1.82, 2.24) is 5.32 Å². The molecule has 3 aliphatic carbocycles. The second-order valence-electron chi connectivity index (χ2n) is 9.23. The topological polar surface area (TPSA) is 197 Å². The Balaban J connectivity index is 1.92. The minimum absolute atomic E-state index is 0.0300. The maximum absolute atomic E-state index is 13.7. The second-order valence-corrected chi connectivity index (χ2v) is 9.23. The second kappa shape index (κ2) is 8.27. The summed E-state index contributed by atoms with van der Waals surface area (Å²) in [5.74, 6) is -5.30. The number of benzene rings is 1. The van der Waals surface area contributed by atoms with Gasteiger partial charge in [-0.05, 0) is 36.5 Å². The van der Waals surface area contributed by atoms with E-state index in [-0.39, 0.29) is 42.9 Å². The van der Waals surface area contributed by atoms with Gasteiger partial charge in [-0.25, -0.2) is 0 Å². The number of aliphatic hydroxyl groups excluding tert-OH is 4. The van der Waals surface area contributed by atoms with Crippen molar-refractivity contribution in [2.24, 2.45) is 17.6 Å². The smallest absolute Gasteiger partial charge is 0.250 e. The first kappa shape index (κ1) is 24.0. The molecular weight excluding hydrogens is 446 g/mol. The Labute approximate surface area is 195 Å². The van der Waals surface area contributed by atoms with Crippen LogP contribution in [-0.4, -0.2) is 87.3 Å². The van der Waals surface area contributed by atoms with Crippen molar-refractivity contribution >= 4 is 23.1 Å². The molecule has 1 aromatic rings. The van der Waals surface area contributed by atoms with Crippen molar-refractivity contribution in [3.05, 3.63) is 40.2 Å². The monoisotopic (exact) mass is 475 g/mol. The van der Waals surface area contributed by atoms with E-state index in [1.165, 1.54) is 6.07 Å². The van der Waals surface area contributed by atoms with Gasteiger partial charge in [0.15, 0.2) is 11.4 Å². The molecule has 0 aliphatic heterocycles. The number of rotatable bonds is 5. The number of hydrogen-bond acceptors (Lipinski definition) is 10. The van der Waals surface area contributed by atoms with E-state index in [1.54, 1.807) is 25.1 Å². The van der Waals surface area contributed by atoms with Crippen molar-refractivity contribution in [3.63, 3.8) is 0 Å². The molecule has 11 nitrogen and oxygen atoms in total. The lowest BCUT2D eigenvalue weighted by Crippen LogP contribution is -2.69. The van der Waals surface area contributed by atoms with Crippen LogP contribution in [0.2, 0.25) is 0 Å². The number of carbonyl (C=O) groups excluding carboxylic acids is 2. The molecule has 34 heavy (non-hydrogen) atoms. The summed E-state index contributed by atoms with van der Waals surface area (Å²) in [6.07, 6.45) is -1.86. The maximum Gasteiger partial charge on any atom is 0.250 e. The van der Waals surface area contributed by atoms with E-state index in [0.717, 1.165) is 5.69 Å². The van der Waals surface area contributed by atoms with Crippen molar-refractivity contribution in [3.8, 4) is 5.75 Å². The number of phenolic OH excluding ortho intramolecular Hbond substituents is 1. The van der Waals surface area contributed by atoms with E-state index in [0.29, 0.717) is 5.56 Å². The number of aromatic hydroxyl groups is 1. The summed E-state index contributed by atoms with van der Waals surface area (Å²) in [6, 6.07) is 1.93. The molecule has 1 amide bonds. The number of nitrogens with zero attached hydrogens (tertiary/aromatic N) is 1. The van der Waals surface area contributed by atoms with Gasteiger partial charge in [-0.2, -0.15) is 0 Å². The molecule has 1 aromatic carbocycles. The number of fused-ring (bicyclic) bond motifs is 3. The number of nitrogens with two attached hydrogens (primary N) is 1. The highest BCUT2D eigenvalue weighted by molar-refractivity contribution is 6.11. The standard InChI is InChI=1S/C23H29N3O8/c1-26(2)12-3-4-13(28)15-10(12)7-9-8-11-17(25-5-6-27)19(30)16(22(24)33)21(32)23(11,34)20(31)14(9)18(15)29/h3-4,9,11,17,21,25,27-30,32,34H,5-8H2,1-2H3,(H2,24,33)/t9-,11-,17+,21?,23-/m0/s1. The zero-order valence-corrected chi connectivity index (χ0v) is 18.8. The first-order valence-electron chi connectivity index (χ1n) is 10.9. The van der Waals surface area contributed by atoms with E-state index in [2.05, 4.69) is 5.32 Å². The third kappa shape index (κ3) is 3.19. The molecule has 1 unspecified atom stereocenters. The zero-order chi connectivity index (χ0) is 25.1. The molecule has 0 aromatic heterocycles. The Kier molecular flexibility index (Phi) is 5.85. The first-order valence-corrected chi connectivity index (χ1v) is 10.9. The van der Waals surface area contributed by atoms with Crippen molar-refractivity contribution in [2.45, 2.75) is 30.6 Å². The van der Waals surface area contributed by atoms with E-state index < -0.39 is 58.4 Å². The highest BCUT2D eigenvalue weighted by Crippen LogP contribution is 2.53. The Morgan fingerprint density at radius 1 is 1.26 bits per heavy atom. The highest BCUT2D eigenvalue weighted by atomic mass is 16.4. The third-order valence-corrected chi connectivity index (χ3v) is 7.22. The average molecular weight is 475 g/mol. The van der Waals surface area contributed by atoms with Crippen LogP contribution in [0.4, 0.5) is 5.69 Å². The van der Waals surface area contributed by atoms with Crippen LogP contribution in [0.25, 0.3) is 5.76 Å². The predicted molar refractivity (Wildman–Crippen MR) is 121 cm³/mol. The fourth-order valence-electron chi connectivity index (χ4n) is 5.71. The highest BCUT2D eigenvalue weighted by Gasteiger charge is 2.64. The largest absolute Gasteiger partial charge is 0.510 e. The quantitative estimate of drug-likeness (QED) is 0.257. The lowest BCUT2D eigenvalue weighted by molar-refractivity contribution is -0.167. The lowest BCUT2D eigenvalue weighted by atomic mass is 9.56. The van der Waals surface area contributed by atoms with Crippen LogP contribution >= 0.6 is 0 Å². The molecular formula is C23H29N3O8. The van der Waals surface area contributed by atoms with Gasteiger partial charge in [-0.1, -0.05) is 0 Å². The number of nitrogens with one attached hydrogen (secondary N) is 1. The molecule has 11 heteroatoms. The molecule has 9 N–H and O–H groups in total. The van der Waals surface area contributed by atoms with Crippen LogP contribution in [-0.2, 0) is 16.0 Å². The molecule has 0 bridgehead atoms. The number of Topliss-reactive ketones (excluding diaryl/α,β-unsaturated/α-hetero) is 1. The van der Waals surface area contributed by atoms with E-state index in [1.807, 2.05) is 0 Å². The van der Waals surface area contributed by atoms with Gasteiger partial charge in [0, 0.05) is 37.8 Å². The number of amides is 1. The minimum Gasteiger partial charge on any atom is -0.510 e. The Hall–Kier alpha value is -3.12. The summed E-state index contributed by atoms with van der Waals surface area (Å²) in [7, 11) is 3.60. The van der Waals surface area contributed by atoms with Crippen LogP contribution in [0.3, 0.4) is 0 Å². The van der Waals surface area contributed by atoms with Gasteiger partial charge < -0.3 is 46.6 Å². The number of hydrogen-bond donors (Lipinski definition) is 8. The zero-order valence-electron chi connectivity index (χ0n) is 18.8. The van der Waals surface area contributed by atoms with Gasteiger partial charge in [0.25, 0.3) is 5.91 Å². The van der Waals surface area contributed by atoms with Crippen molar-refractivity contribution in [2.75, 3.05) is 32.1 Å². The van der Waals surface area contributed by atoms with Crippen molar-refractivity contribution in [1.29, 1.82) is 0 Å². The normalized spacial score (nSPS) is 30.6. The number of primary amides is 1. The number of carbonyl (C=O) groups is 2. The fraction of sp³-hybridized carbons (Fsp3) is 0.478. The van der Waals surface area contributed by atoms with Gasteiger partial charge in [-0.15, -0.1) is 0 Å². The summed E-state index contributed by atoms with van der Waals surface area (Å²) in [5, 5.41) is 66.9. The molecule has 0 radical (unpaired) electrons. The van der Waals surface area contributed by atoms with Crippen LogP contribution in [0, 0.1) is 11.8 Å². The summed E-state index contributed by atoms with van der Waals surface area (Å²) in [5.41, 5.74) is 3.28. The first-order chi connectivity index (χ1) is 16.0. The molecule has 0 spiro atoms. The molecule has 0 saturated heterocycles. The summed E-state index contributed by atoms with van der Waals surface area (Å²) in [4.78, 5) is 27.5. The van der Waals surface area contributed by atoms with Crippen LogP contribution in [0.1, 0.15) is 17.5 Å². The molecule has 1 saturated carbocycles. The van der Waals surface area contributed by atoms with Crippen LogP contribution < -0.4 is 16.0 Å². The van der Waals surface area contributed by atoms with E-state index in [4.69, 9.17) is 5.73 Å². The minimum atomic E-state index is -2.59. The van der Waals surface area contributed by atoms with Crippen molar-refractivity contribution < 1.29 is 40.2 Å².